The van der Waals surface area contributed by atoms with Crippen LogP contribution in [0.25, 0.3) is 5.57 Å². The van der Waals surface area contributed by atoms with Crippen LogP contribution in [-0.4, -0.2) is 39.3 Å². The maximum Gasteiger partial charge on any atom is 0.162 e. The summed E-state index contributed by atoms with van der Waals surface area (Å²) in [6.45, 7) is 16.9. The number of nitrogens with one attached hydrogen (secondary N) is 4. The molecular weight excluding hydrogens is 414 g/mol. The third kappa shape index (κ3) is 6.72. The van der Waals surface area contributed by atoms with E-state index in [1.54, 1.807) is 6.20 Å². The third-order valence-corrected chi connectivity index (χ3v) is 7.03. The van der Waals surface area contributed by atoms with Crippen LogP contribution in [0.4, 0.5) is 5.69 Å². The molecule has 1 aliphatic heterocycles. The average Bonchev–Trinajstić information content (AvgIpc) is 2.69. The summed E-state index contributed by atoms with van der Waals surface area (Å²) in [5.74, 6) is 0. The lowest BCUT2D eigenvalue weighted by molar-refractivity contribution is 0.114. The zero-order valence-electron chi connectivity index (χ0n) is 20.9. The van der Waals surface area contributed by atoms with Crippen molar-refractivity contribution in [3.05, 3.63) is 48.2 Å². The van der Waals surface area contributed by atoms with Crippen LogP contribution in [0.1, 0.15) is 72.8 Å². The summed E-state index contributed by atoms with van der Waals surface area (Å²) in [5, 5.41) is 25.4. The van der Waals surface area contributed by atoms with Crippen LogP contribution in [0, 0.1) is 10.8 Å². The number of amidine groups is 1. The Balaban J connectivity index is 2.24. The first-order chi connectivity index (χ1) is 14.9. The van der Waals surface area contributed by atoms with Crippen LogP contribution in [0.3, 0.4) is 0 Å². The number of allylic oxidation sites excluding steroid dienone is 1. The standard InChI is InChI=1S/C26H41N5S/c1-9-13-20(21-14-11-12-15-22(21)29-10-2)18(3)23(27)32-24(28)31(8)19-16-25(4,5)30-26(6,7)17-19/h10-12,14-15,19,27-30H,2,9,13,16-17H2,1,3-8H3/b20-18+,27-23?,28-24?. The van der Waals surface area contributed by atoms with Gasteiger partial charge in [-0.2, -0.15) is 0 Å². The SMILES string of the molecule is C=CNc1ccccc1/C(CCC)=C(\C)C(=N)SC(=N)N(C)C1CC(C)(C)NC(C)(C)C1. The van der Waals surface area contributed by atoms with Crippen molar-refractivity contribution in [3.8, 4) is 0 Å². The van der Waals surface area contributed by atoms with Crippen molar-refractivity contribution in [2.75, 3.05) is 12.4 Å². The van der Waals surface area contributed by atoms with Crippen LogP contribution in [0.5, 0.6) is 0 Å². The summed E-state index contributed by atoms with van der Waals surface area (Å²) >= 11 is 1.25. The molecule has 4 N–H and O–H groups in total. The number of rotatable bonds is 7. The van der Waals surface area contributed by atoms with Crippen molar-refractivity contribution in [2.24, 2.45) is 0 Å². The molecule has 0 saturated carbocycles. The fourth-order valence-electron chi connectivity index (χ4n) is 4.85. The van der Waals surface area contributed by atoms with Crippen molar-refractivity contribution in [1.29, 1.82) is 10.8 Å². The highest BCUT2D eigenvalue weighted by Crippen LogP contribution is 2.34. The number of para-hydroxylation sites is 1. The van der Waals surface area contributed by atoms with E-state index in [1.165, 1.54) is 11.8 Å². The minimum absolute atomic E-state index is 0.0190. The number of benzene rings is 1. The Kier molecular flexibility index (Phi) is 8.77. The maximum absolute atomic E-state index is 8.80. The van der Waals surface area contributed by atoms with Crippen LogP contribution < -0.4 is 10.6 Å². The predicted octanol–water partition coefficient (Wildman–Crippen LogP) is 6.70. The Morgan fingerprint density at radius 2 is 1.81 bits per heavy atom. The molecule has 1 fully saturated rings. The van der Waals surface area contributed by atoms with E-state index in [4.69, 9.17) is 10.8 Å². The summed E-state index contributed by atoms with van der Waals surface area (Å²) in [6.07, 6.45) is 5.50. The van der Waals surface area contributed by atoms with E-state index < -0.39 is 0 Å². The van der Waals surface area contributed by atoms with E-state index in [1.807, 2.05) is 32.2 Å². The molecule has 0 unspecified atom stereocenters. The molecule has 32 heavy (non-hydrogen) atoms. The van der Waals surface area contributed by atoms with Crippen LogP contribution in [0.15, 0.2) is 42.6 Å². The summed E-state index contributed by atoms with van der Waals surface area (Å²) in [6, 6.07) is 8.42. The molecule has 1 heterocycles. The molecule has 1 aromatic rings. The zero-order valence-corrected chi connectivity index (χ0v) is 21.7. The van der Waals surface area contributed by atoms with Crippen LogP contribution >= 0.6 is 11.8 Å². The molecule has 176 valence electrons. The van der Waals surface area contributed by atoms with Gasteiger partial charge in [0.1, 0.15) is 0 Å². The summed E-state index contributed by atoms with van der Waals surface area (Å²) in [4.78, 5) is 2.06. The number of anilines is 1. The van der Waals surface area contributed by atoms with Gasteiger partial charge in [0, 0.05) is 35.4 Å². The summed E-state index contributed by atoms with van der Waals surface area (Å²) in [7, 11) is 2.00. The van der Waals surface area contributed by atoms with Gasteiger partial charge in [0.15, 0.2) is 5.17 Å². The average molecular weight is 456 g/mol. The lowest BCUT2D eigenvalue weighted by Gasteiger charge is -2.49. The van der Waals surface area contributed by atoms with Crippen molar-refractivity contribution >= 4 is 33.2 Å². The highest BCUT2D eigenvalue weighted by molar-refractivity contribution is 8.26. The van der Waals surface area contributed by atoms with Gasteiger partial charge in [0.05, 0.1) is 5.04 Å². The van der Waals surface area contributed by atoms with E-state index in [9.17, 15) is 0 Å². The molecular formula is C26H41N5S. The lowest BCUT2D eigenvalue weighted by atomic mass is 9.79. The van der Waals surface area contributed by atoms with Gasteiger partial charge >= 0.3 is 0 Å². The molecule has 0 aliphatic carbocycles. The van der Waals surface area contributed by atoms with Gasteiger partial charge in [0.2, 0.25) is 0 Å². The van der Waals surface area contributed by atoms with Crippen molar-refractivity contribution in [1.82, 2.24) is 10.2 Å². The molecule has 2 rings (SSSR count). The van der Waals surface area contributed by atoms with E-state index in [2.05, 4.69) is 62.8 Å². The monoisotopic (exact) mass is 455 g/mol. The molecule has 0 radical (unpaired) electrons. The van der Waals surface area contributed by atoms with Crippen LogP contribution in [0.2, 0.25) is 0 Å². The second-order valence-corrected chi connectivity index (χ2v) is 11.0. The van der Waals surface area contributed by atoms with Gasteiger partial charge in [-0.25, -0.2) is 0 Å². The van der Waals surface area contributed by atoms with Gasteiger partial charge in [-0.15, -0.1) is 0 Å². The second kappa shape index (κ2) is 10.7. The number of nitrogens with zero attached hydrogens (tertiary/aromatic N) is 1. The normalized spacial score (nSPS) is 18.5. The Labute approximate surface area is 199 Å². The summed E-state index contributed by atoms with van der Waals surface area (Å²) < 4.78 is 0. The lowest BCUT2D eigenvalue weighted by Crippen LogP contribution is -2.62. The fourth-order valence-corrected chi connectivity index (χ4v) is 5.61. The first kappa shape index (κ1) is 26.2. The smallest absolute Gasteiger partial charge is 0.162 e. The van der Waals surface area contributed by atoms with Gasteiger partial charge in [0.25, 0.3) is 0 Å². The Bertz CT molecular complexity index is 868. The van der Waals surface area contributed by atoms with Gasteiger partial charge in [-0.05, 0) is 89.1 Å². The molecule has 1 saturated heterocycles. The summed E-state index contributed by atoms with van der Waals surface area (Å²) in [5.41, 5.74) is 4.21. The Morgan fingerprint density at radius 3 is 2.38 bits per heavy atom. The minimum atomic E-state index is 0.0190. The first-order valence-corrected chi connectivity index (χ1v) is 12.3. The number of piperidine rings is 1. The topological polar surface area (TPSA) is 75.0 Å². The van der Waals surface area contributed by atoms with Crippen molar-refractivity contribution < 1.29 is 0 Å². The van der Waals surface area contributed by atoms with Crippen molar-refractivity contribution in [2.45, 2.75) is 84.3 Å². The van der Waals surface area contributed by atoms with Crippen LogP contribution in [-0.2, 0) is 0 Å². The quantitative estimate of drug-likeness (QED) is 0.272. The minimum Gasteiger partial charge on any atom is -0.362 e. The third-order valence-electron chi connectivity index (χ3n) is 6.04. The van der Waals surface area contributed by atoms with E-state index >= 15 is 0 Å². The molecule has 0 bridgehead atoms. The van der Waals surface area contributed by atoms with Gasteiger partial charge in [-0.1, -0.05) is 38.1 Å². The largest absolute Gasteiger partial charge is 0.362 e. The molecule has 5 nitrogen and oxygen atoms in total. The fraction of sp³-hybridized carbons (Fsp3) is 0.538. The molecule has 0 aromatic heterocycles. The molecule has 0 amide bonds. The maximum atomic E-state index is 8.80. The van der Waals surface area contributed by atoms with E-state index in [0.29, 0.717) is 10.2 Å². The van der Waals surface area contributed by atoms with E-state index in [0.717, 1.165) is 48.1 Å². The molecule has 1 aliphatic rings. The highest BCUT2D eigenvalue weighted by Gasteiger charge is 2.39. The zero-order chi connectivity index (χ0) is 24.1. The second-order valence-electron chi connectivity index (χ2n) is 10.0. The Hall–Kier alpha value is -2.05. The number of hydrogen-bond donors (Lipinski definition) is 4. The predicted molar refractivity (Wildman–Crippen MR) is 143 cm³/mol. The molecule has 6 heteroatoms. The first-order valence-electron chi connectivity index (χ1n) is 11.4. The molecule has 1 aromatic carbocycles. The van der Waals surface area contributed by atoms with Crippen molar-refractivity contribution in [3.63, 3.8) is 0 Å². The molecule has 0 atom stereocenters. The number of thioether (sulfide) groups is 1. The van der Waals surface area contributed by atoms with E-state index in [-0.39, 0.29) is 17.1 Å². The number of hydrogen-bond acceptors (Lipinski definition) is 5. The van der Waals surface area contributed by atoms with Gasteiger partial charge < -0.3 is 15.5 Å². The highest BCUT2D eigenvalue weighted by atomic mass is 32.2. The molecule has 0 spiro atoms. The van der Waals surface area contributed by atoms with Gasteiger partial charge in [-0.3, -0.25) is 10.8 Å². The Morgan fingerprint density at radius 1 is 1.22 bits per heavy atom.